The number of benzene rings is 3. The topological polar surface area (TPSA) is 94.8 Å². The summed E-state index contributed by atoms with van der Waals surface area (Å²) < 4.78 is 34.0. The lowest BCUT2D eigenvalue weighted by atomic mass is 9.83. The molecule has 0 aromatic heterocycles. The predicted octanol–water partition coefficient (Wildman–Crippen LogP) is 5.89. The minimum Gasteiger partial charge on any atom is -0.508 e. The minimum atomic E-state index is -5.16. The van der Waals surface area contributed by atoms with Crippen LogP contribution in [0.1, 0.15) is 16.7 Å². The summed E-state index contributed by atoms with van der Waals surface area (Å²) in [5.41, 5.74) is -0.766. The molecular weight excluding hydrogens is 482 g/mol. The Kier molecular flexibility index (Phi) is 5.98. The van der Waals surface area contributed by atoms with Crippen molar-refractivity contribution < 1.29 is 23.2 Å². The normalized spacial score (nSPS) is 13.8. The summed E-state index contributed by atoms with van der Waals surface area (Å²) in [5.74, 6) is -0.881. The highest BCUT2D eigenvalue weighted by Gasteiger charge is 2.53. The Morgan fingerprint density at radius 1 is 0.690 bits per heavy atom. The van der Waals surface area contributed by atoms with Gasteiger partial charge in [-0.3, -0.25) is 4.55 Å². The second-order valence-corrected chi connectivity index (χ2v) is 9.16. The van der Waals surface area contributed by atoms with Crippen LogP contribution < -0.4 is 0 Å². The number of rotatable bonds is 4. The average molecular weight is 494 g/mol. The van der Waals surface area contributed by atoms with Crippen molar-refractivity contribution in [3.8, 4) is 11.5 Å². The Labute approximate surface area is 186 Å². The van der Waals surface area contributed by atoms with Gasteiger partial charge in [-0.05, 0) is 24.3 Å². The Morgan fingerprint density at radius 2 is 1.28 bits per heavy atom. The van der Waals surface area contributed by atoms with Gasteiger partial charge in [-0.2, -0.15) is 8.42 Å². The summed E-state index contributed by atoms with van der Waals surface area (Å²) in [5, 5.41) is 19.5. The van der Waals surface area contributed by atoms with E-state index in [9.17, 15) is 23.2 Å². The van der Waals surface area contributed by atoms with E-state index in [4.69, 9.17) is 46.4 Å². The quantitative estimate of drug-likeness (QED) is 0.311. The molecule has 0 fully saturated rings. The van der Waals surface area contributed by atoms with Crippen molar-refractivity contribution in [2.24, 2.45) is 0 Å². The molecule has 0 aliphatic carbocycles. The second-order valence-electron chi connectivity index (χ2n) is 6.03. The number of phenolic OH excluding ortho intramolecular Hbond substituents is 2. The molecule has 29 heavy (non-hydrogen) atoms. The first kappa shape index (κ1) is 22.0. The van der Waals surface area contributed by atoms with Crippen LogP contribution in [0.15, 0.2) is 54.6 Å². The molecule has 0 spiro atoms. The van der Waals surface area contributed by atoms with E-state index in [0.29, 0.717) is 0 Å². The standard InChI is InChI=1S/C19H12Cl4O5S/c20-12-5-3-6-13(21)16(12)19(29(26,27)28,10-4-1-2-7-14(10)24)11-8-9-15(25)18(23)17(11)22/h1-9,24-25H,(H,26,27,28). The first-order chi connectivity index (χ1) is 13.5. The van der Waals surface area contributed by atoms with E-state index in [1.165, 1.54) is 42.5 Å². The molecule has 152 valence electrons. The van der Waals surface area contributed by atoms with Gasteiger partial charge in [0.15, 0.2) is 4.75 Å². The van der Waals surface area contributed by atoms with Gasteiger partial charge in [-0.25, -0.2) is 0 Å². The fourth-order valence-electron chi connectivity index (χ4n) is 3.24. The lowest BCUT2D eigenvalue weighted by molar-refractivity contribution is 0.440. The zero-order chi connectivity index (χ0) is 21.6. The number of halogens is 4. The maximum absolute atomic E-state index is 13.0. The van der Waals surface area contributed by atoms with Gasteiger partial charge in [0.25, 0.3) is 10.1 Å². The smallest absolute Gasteiger partial charge is 0.283 e. The van der Waals surface area contributed by atoms with Gasteiger partial charge < -0.3 is 10.2 Å². The van der Waals surface area contributed by atoms with Gasteiger partial charge >= 0.3 is 0 Å². The second kappa shape index (κ2) is 7.87. The molecule has 10 heteroatoms. The molecule has 0 aliphatic rings. The molecule has 1 unspecified atom stereocenters. The minimum absolute atomic E-state index is 0.112. The SMILES string of the molecule is O=S(=O)(O)C(c1ccccc1O)(c1ccc(O)c(Cl)c1Cl)c1c(Cl)cccc1Cl. The molecule has 1 atom stereocenters. The van der Waals surface area contributed by atoms with E-state index in [1.54, 1.807) is 0 Å². The summed E-state index contributed by atoms with van der Waals surface area (Å²) in [6.45, 7) is 0. The van der Waals surface area contributed by atoms with Crippen molar-refractivity contribution in [2.45, 2.75) is 4.75 Å². The van der Waals surface area contributed by atoms with Crippen LogP contribution in [0.2, 0.25) is 20.1 Å². The summed E-state index contributed by atoms with van der Waals surface area (Å²) in [6.07, 6.45) is 0. The van der Waals surface area contributed by atoms with Gasteiger partial charge in [0.05, 0.1) is 5.02 Å². The maximum atomic E-state index is 13.0. The Hall–Kier alpha value is -1.67. The van der Waals surface area contributed by atoms with Crippen LogP contribution in [0, 0.1) is 0 Å². The lowest BCUT2D eigenvalue weighted by Crippen LogP contribution is -2.39. The molecule has 0 amide bonds. The number of para-hydroxylation sites is 1. The van der Waals surface area contributed by atoms with Crippen LogP contribution in [-0.2, 0) is 14.9 Å². The fourth-order valence-corrected chi connectivity index (χ4v) is 5.93. The van der Waals surface area contributed by atoms with E-state index in [2.05, 4.69) is 0 Å². The summed E-state index contributed by atoms with van der Waals surface area (Å²) in [7, 11) is -5.16. The van der Waals surface area contributed by atoms with Gasteiger partial charge in [0.2, 0.25) is 0 Å². The molecular formula is C19H12Cl4O5S. The first-order valence-corrected chi connectivity index (χ1v) is 10.9. The van der Waals surface area contributed by atoms with Crippen molar-refractivity contribution in [3.63, 3.8) is 0 Å². The van der Waals surface area contributed by atoms with Crippen molar-refractivity contribution in [2.75, 3.05) is 0 Å². The van der Waals surface area contributed by atoms with Crippen LogP contribution in [0.5, 0.6) is 11.5 Å². The van der Waals surface area contributed by atoms with Crippen LogP contribution in [0.4, 0.5) is 0 Å². The van der Waals surface area contributed by atoms with Crippen LogP contribution in [0.25, 0.3) is 0 Å². The Morgan fingerprint density at radius 3 is 1.83 bits per heavy atom. The fraction of sp³-hybridized carbons (Fsp3) is 0.0526. The van der Waals surface area contributed by atoms with E-state index in [1.807, 2.05) is 0 Å². The van der Waals surface area contributed by atoms with E-state index < -0.39 is 26.4 Å². The highest BCUT2D eigenvalue weighted by atomic mass is 35.5. The molecule has 3 N–H and O–H groups in total. The van der Waals surface area contributed by atoms with E-state index >= 15 is 0 Å². The third-order valence-corrected chi connectivity index (χ3v) is 7.35. The molecule has 0 heterocycles. The molecule has 3 aromatic rings. The highest BCUT2D eigenvalue weighted by molar-refractivity contribution is 7.87. The summed E-state index contributed by atoms with van der Waals surface area (Å²) in [4.78, 5) is 0. The monoisotopic (exact) mass is 492 g/mol. The number of phenols is 2. The van der Waals surface area contributed by atoms with Crippen molar-refractivity contribution in [1.29, 1.82) is 0 Å². The number of hydrogen-bond acceptors (Lipinski definition) is 4. The molecule has 0 saturated carbocycles. The van der Waals surface area contributed by atoms with Gasteiger partial charge in [0.1, 0.15) is 16.5 Å². The largest absolute Gasteiger partial charge is 0.508 e. The number of hydrogen-bond donors (Lipinski definition) is 3. The van der Waals surface area contributed by atoms with Gasteiger partial charge in [0, 0.05) is 26.7 Å². The Balaban J connectivity index is 2.68. The van der Waals surface area contributed by atoms with E-state index in [0.717, 1.165) is 12.1 Å². The average Bonchev–Trinajstić information content (AvgIpc) is 2.63. The Bertz CT molecular complexity index is 1190. The highest BCUT2D eigenvalue weighted by Crippen LogP contribution is 2.54. The molecule has 0 bridgehead atoms. The molecule has 5 nitrogen and oxygen atoms in total. The first-order valence-electron chi connectivity index (χ1n) is 7.91. The molecule has 3 rings (SSSR count). The van der Waals surface area contributed by atoms with E-state index in [-0.39, 0.29) is 36.8 Å². The van der Waals surface area contributed by atoms with Crippen molar-refractivity contribution in [1.82, 2.24) is 0 Å². The number of aromatic hydroxyl groups is 2. The van der Waals surface area contributed by atoms with Crippen molar-refractivity contribution in [3.05, 3.63) is 91.4 Å². The van der Waals surface area contributed by atoms with Gasteiger partial charge in [-0.1, -0.05) is 76.7 Å². The summed E-state index contributed by atoms with van der Waals surface area (Å²) >= 11 is 25.0. The zero-order valence-corrected chi connectivity index (χ0v) is 18.1. The van der Waals surface area contributed by atoms with Crippen LogP contribution in [0.3, 0.4) is 0 Å². The third kappa shape index (κ3) is 3.44. The predicted molar refractivity (Wildman–Crippen MR) is 114 cm³/mol. The lowest BCUT2D eigenvalue weighted by Gasteiger charge is -2.35. The van der Waals surface area contributed by atoms with Crippen molar-refractivity contribution >= 4 is 56.5 Å². The summed E-state index contributed by atoms with van der Waals surface area (Å²) in [6, 6.07) is 11.9. The van der Waals surface area contributed by atoms with Crippen LogP contribution in [-0.4, -0.2) is 23.2 Å². The zero-order valence-electron chi connectivity index (χ0n) is 14.3. The molecule has 0 radical (unpaired) electrons. The molecule has 0 saturated heterocycles. The maximum Gasteiger partial charge on any atom is 0.283 e. The third-order valence-electron chi connectivity index (χ3n) is 4.43. The van der Waals surface area contributed by atoms with Gasteiger partial charge in [-0.15, -0.1) is 0 Å². The molecule has 3 aromatic carbocycles. The molecule has 0 aliphatic heterocycles. The van der Waals surface area contributed by atoms with Crippen LogP contribution >= 0.6 is 46.4 Å².